The van der Waals surface area contributed by atoms with Crippen LogP contribution in [0.25, 0.3) is 0 Å². The Morgan fingerprint density at radius 1 is 1.29 bits per heavy atom. The molecule has 114 valence electrons. The summed E-state index contributed by atoms with van der Waals surface area (Å²) in [4.78, 5) is 22.0. The van der Waals surface area contributed by atoms with Gasteiger partial charge in [0.15, 0.2) is 0 Å². The van der Waals surface area contributed by atoms with Gasteiger partial charge in [-0.3, -0.25) is 14.9 Å². The molecule has 1 aromatic rings. The number of nitro groups is 1. The van der Waals surface area contributed by atoms with Gasteiger partial charge in [-0.25, -0.2) is 0 Å². The van der Waals surface area contributed by atoms with E-state index >= 15 is 0 Å². The number of carbonyl (C=O) groups is 1. The number of rotatable bonds is 5. The van der Waals surface area contributed by atoms with Gasteiger partial charge in [0.05, 0.1) is 11.0 Å². The van der Waals surface area contributed by atoms with Crippen LogP contribution in [0.3, 0.4) is 0 Å². The van der Waals surface area contributed by atoms with Crippen LogP contribution in [0.15, 0.2) is 24.3 Å². The van der Waals surface area contributed by atoms with Crippen molar-refractivity contribution < 1.29 is 14.8 Å². The summed E-state index contributed by atoms with van der Waals surface area (Å²) in [6.07, 6.45) is 4.35. The quantitative estimate of drug-likeness (QED) is 0.643. The van der Waals surface area contributed by atoms with Crippen LogP contribution in [-0.2, 0) is 4.79 Å². The molecule has 0 spiro atoms. The molecule has 0 aromatic heterocycles. The smallest absolute Gasteiger partial charge is 0.269 e. The van der Waals surface area contributed by atoms with E-state index in [1.165, 1.54) is 30.7 Å². The van der Waals surface area contributed by atoms with Crippen LogP contribution >= 0.6 is 0 Å². The van der Waals surface area contributed by atoms with E-state index in [1.54, 1.807) is 0 Å². The Bertz CT molecular complexity index is 495. The second-order valence-corrected chi connectivity index (χ2v) is 5.44. The van der Waals surface area contributed by atoms with Gasteiger partial charge in [0.1, 0.15) is 0 Å². The number of nitro benzene ring substituents is 1. The maximum absolute atomic E-state index is 12.0. The maximum Gasteiger partial charge on any atom is 0.269 e. The second kappa shape index (κ2) is 7.17. The van der Waals surface area contributed by atoms with Gasteiger partial charge in [-0.15, -0.1) is 0 Å². The molecule has 0 unspecified atom stereocenters. The van der Waals surface area contributed by atoms with Crippen molar-refractivity contribution in [2.75, 3.05) is 6.54 Å². The molecular formula is C15H20N2O4. The van der Waals surface area contributed by atoms with Gasteiger partial charge in [0.2, 0.25) is 5.91 Å². The number of nitrogens with one attached hydrogen (secondary N) is 1. The van der Waals surface area contributed by atoms with Crippen LogP contribution < -0.4 is 5.32 Å². The zero-order valence-electron chi connectivity index (χ0n) is 11.8. The number of benzene rings is 1. The molecule has 0 radical (unpaired) electrons. The third-order valence-corrected chi connectivity index (χ3v) is 3.93. The minimum atomic E-state index is -0.849. The largest absolute Gasteiger partial charge is 0.387 e. The molecule has 0 heterocycles. The number of non-ortho nitro benzene ring substituents is 1. The van der Waals surface area contributed by atoms with Gasteiger partial charge in [0, 0.05) is 24.6 Å². The van der Waals surface area contributed by atoms with Gasteiger partial charge in [-0.2, -0.15) is 0 Å². The summed E-state index contributed by atoms with van der Waals surface area (Å²) in [6.45, 7) is 0.132. The number of carbonyl (C=O) groups excluding carboxylic acids is 1. The van der Waals surface area contributed by atoms with E-state index < -0.39 is 11.0 Å². The highest BCUT2D eigenvalue weighted by Crippen LogP contribution is 2.24. The minimum absolute atomic E-state index is 0.00402. The Kier molecular flexibility index (Phi) is 5.27. The van der Waals surface area contributed by atoms with Gasteiger partial charge >= 0.3 is 0 Å². The number of nitrogens with zero attached hydrogens (tertiary/aromatic N) is 1. The average Bonchev–Trinajstić information content (AvgIpc) is 2.53. The van der Waals surface area contributed by atoms with E-state index in [4.69, 9.17) is 0 Å². The fourth-order valence-corrected chi connectivity index (χ4v) is 2.64. The fraction of sp³-hybridized carbons (Fsp3) is 0.533. The Hall–Kier alpha value is -1.95. The van der Waals surface area contributed by atoms with Crippen molar-refractivity contribution in [2.45, 2.75) is 38.2 Å². The van der Waals surface area contributed by atoms with Crippen molar-refractivity contribution in [3.05, 3.63) is 39.9 Å². The van der Waals surface area contributed by atoms with E-state index in [-0.39, 0.29) is 24.1 Å². The normalized spacial score (nSPS) is 17.2. The number of aliphatic hydroxyl groups is 1. The summed E-state index contributed by atoms with van der Waals surface area (Å²) in [5.74, 6) is 0.0541. The molecule has 1 aromatic carbocycles. The summed E-state index contributed by atoms with van der Waals surface area (Å²) in [7, 11) is 0. The van der Waals surface area contributed by atoms with Crippen LogP contribution in [-0.4, -0.2) is 22.5 Å². The van der Waals surface area contributed by atoms with Gasteiger partial charge in [-0.1, -0.05) is 19.3 Å². The molecule has 6 nitrogen and oxygen atoms in total. The lowest BCUT2D eigenvalue weighted by atomic mass is 9.88. The zero-order chi connectivity index (χ0) is 15.2. The molecule has 6 heteroatoms. The Labute approximate surface area is 123 Å². The van der Waals surface area contributed by atoms with E-state index in [1.807, 2.05) is 0 Å². The Morgan fingerprint density at radius 3 is 2.48 bits per heavy atom. The molecule has 0 saturated heterocycles. The lowest BCUT2D eigenvalue weighted by molar-refractivity contribution is -0.384. The van der Waals surface area contributed by atoms with E-state index in [0.717, 1.165) is 25.7 Å². The first-order chi connectivity index (χ1) is 10.1. The summed E-state index contributed by atoms with van der Waals surface area (Å²) >= 11 is 0. The van der Waals surface area contributed by atoms with E-state index in [0.29, 0.717) is 5.56 Å². The van der Waals surface area contributed by atoms with Crippen molar-refractivity contribution in [3.63, 3.8) is 0 Å². The van der Waals surface area contributed by atoms with E-state index in [9.17, 15) is 20.0 Å². The molecule has 1 atom stereocenters. The molecule has 0 bridgehead atoms. The molecule has 21 heavy (non-hydrogen) atoms. The highest BCUT2D eigenvalue weighted by atomic mass is 16.6. The summed E-state index contributed by atoms with van der Waals surface area (Å²) < 4.78 is 0. The Morgan fingerprint density at radius 2 is 1.90 bits per heavy atom. The van der Waals surface area contributed by atoms with Crippen LogP contribution in [0.2, 0.25) is 0 Å². The summed E-state index contributed by atoms with van der Waals surface area (Å²) in [5, 5.41) is 23.3. The average molecular weight is 292 g/mol. The lowest BCUT2D eigenvalue weighted by Crippen LogP contribution is -2.34. The molecule has 2 rings (SSSR count). The SMILES string of the molecule is O=C(NC[C@@H](O)c1ccc([N+](=O)[O-])cc1)C1CCCCC1. The van der Waals surface area contributed by atoms with Gasteiger partial charge in [0.25, 0.3) is 5.69 Å². The number of aliphatic hydroxyl groups excluding tert-OH is 1. The predicted octanol–water partition coefficient (Wildman–Crippen LogP) is 2.32. The number of hydrogen-bond acceptors (Lipinski definition) is 4. The molecule has 1 aliphatic carbocycles. The van der Waals surface area contributed by atoms with Crippen molar-refractivity contribution >= 4 is 11.6 Å². The zero-order valence-corrected chi connectivity index (χ0v) is 11.8. The first-order valence-electron chi connectivity index (χ1n) is 7.28. The molecule has 2 N–H and O–H groups in total. The lowest BCUT2D eigenvalue weighted by Gasteiger charge is -2.21. The van der Waals surface area contributed by atoms with Crippen LogP contribution in [0.1, 0.15) is 43.8 Å². The van der Waals surface area contributed by atoms with Crippen molar-refractivity contribution in [1.82, 2.24) is 5.32 Å². The van der Waals surface area contributed by atoms with Gasteiger partial charge < -0.3 is 10.4 Å². The fourth-order valence-electron chi connectivity index (χ4n) is 2.64. The van der Waals surface area contributed by atoms with Crippen LogP contribution in [0, 0.1) is 16.0 Å². The third-order valence-electron chi connectivity index (χ3n) is 3.93. The minimum Gasteiger partial charge on any atom is -0.387 e. The van der Waals surface area contributed by atoms with Crippen molar-refractivity contribution in [1.29, 1.82) is 0 Å². The molecule has 1 amide bonds. The van der Waals surface area contributed by atoms with Crippen molar-refractivity contribution in [2.24, 2.45) is 5.92 Å². The first kappa shape index (κ1) is 15.4. The molecule has 1 fully saturated rings. The Balaban J connectivity index is 1.84. The van der Waals surface area contributed by atoms with E-state index in [2.05, 4.69) is 5.32 Å². The second-order valence-electron chi connectivity index (χ2n) is 5.44. The maximum atomic E-state index is 12.0. The highest BCUT2D eigenvalue weighted by molar-refractivity contribution is 5.78. The highest BCUT2D eigenvalue weighted by Gasteiger charge is 2.21. The summed E-state index contributed by atoms with van der Waals surface area (Å²) in [6, 6.07) is 5.72. The number of hydrogen-bond donors (Lipinski definition) is 2. The number of amides is 1. The third kappa shape index (κ3) is 4.26. The molecular weight excluding hydrogens is 272 g/mol. The molecule has 1 aliphatic rings. The standard InChI is InChI=1S/C15H20N2O4/c18-14(11-6-8-13(9-7-11)17(20)21)10-16-15(19)12-4-2-1-3-5-12/h6-9,12,14,18H,1-5,10H2,(H,16,19)/t14-/m1/s1. The molecule has 0 aliphatic heterocycles. The topological polar surface area (TPSA) is 92.5 Å². The summed E-state index contributed by atoms with van der Waals surface area (Å²) in [5.41, 5.74) is 0.543. The monoisotopic (exact) mass is 292 g/mol. The predicted molar refractivity (Wildman–Crippen MR) is 77.6 cm³/mol. The van der Waals surface area contributed by atoms with Gasteiger partial charge in [-0.05, 0) is 30.5 Å². The first-order valence-corrected chi connectivity index (χ1v) is 7.28. The van der Waals surface area contributed by atoms with Crippen molar-refractivity contribution in [3.8, 4) is 0 Å². The van der Waals surface area contributed by atoms with Crippen LogP contribution in [0.5, 0.6) is 0 Å². The van der Waals surface area contributed by atoms with Crippen LogP contribution in [0.4, 0.5) is 5.69 Å². The molecule has 1 saturated carbocycles.